The number of ether oxygens (including phenoxy) is 1. The normalized spacial score (nSPS) is 20.8. The van der Waals surface area contributed by atoms with Crippen molar-refractivity contribution in [2.45, 2.75) is 44.9 Å². The number of hydrogen-bond donors (Lipinski definition) is 0. The lowest BCUT2D eigenvalue weighted by molar-refractivity contribution is 0.0214. The molecule has 6 heteroatoms. The molecule has 2 fully saturated rings. The van der Waals surface area contributed by atoms with E-state index in [0.717, 1.165) is 40.8 Å². The first-order valence-corrected chi connectivity index (χ1v) is 10.5. The number of fused-ring (bicyclic) bond motifs is 3. The van der Waals surface area contributed by atoms with Crippen LogP contribution in [0.2, 0.25) is 0 Å². The Morgan fingerprint density at radius 3 is 2.30 bits per heavy atom. The van der Waals surface area contributed by atoms with Crippen LogP contribution in [0.3, 0.4) is 0 Å². The molecule has 0 spiro atoms. The van der Waals surface area contributed by atoms with Crippen LogP contribution in [0.5, 0.6) is 0 Å². The monoisotopic (exact) mass is 402 g/mol. The summed E-state index contributed by atoms with van der Waals surface area (Å²) in [7, 11) is 0. The topological polar surface area (TPSA) is 58.6 Å². The molecule has 0 saturated carbocycles. The number of anilines is 1. The van der Waals surface area contributed by atoms with Crippen molar-refractivity contribution in [3.63, 3.8) is 0 Å². The van der Waals surface area contributed by atoms with Crippen molar-refractivity contribution in [2.75, 3.05) is 18.0 Å². The van der Waals surface area contributed by atoms with Crippen LogP contribution in [-0.4, -0.2) is 52.0 Å². The van der Waals surface area contributed by atoms with Crippen LogP contribution >= 0.6 is 0 Å². The van der Waals surface area contributed by atoms with Crippen molar-refractivity contribution in [3.05, 3.63) is 54.6 Å². The van der Waals surface area contributed by atoms with E-state index in [4.69, 9.17) is 4.74 Å². The Morgan fingerprint density at radius 1 is 0.933 bits per heavy atom. The molecule has 5 rings (SSSR count). The molecule has 30 heavy (non-hydrogen) atoms. The SMILES string of the molecule is CC(C)(C)OC(=O)N1CC2CC1CN2c1nnc(-c2ccccc2)c2ccccc12. The second-order valence-electron chi connectivity index (χ2n) is 9.11. The fourth-order valence-electron chi connectivity index (χ4n) is 4.58. The number of carbonyl (C=O) groups excluding carboxylic acids is 1. The van der Waals surface area contributed by atoms with Gasteiger partial charge in [0.05, 0.1) is 12.1 Å². The first kappa shape index (κ1) is 18.9. The average Bonchev–Trinajstić information content (AvgIpc) is 3.33. The van der Waals surface area contributed by atoms with E-state index in [2.05, 4.69) is 39.4 Å². The molecule has 3 aromatic rings. The highest BCUT2D eigenvalue weighted by atomic mass is 16.6. The maximum atomic E-state index is 12.6. The van der Waals surface area contributed by atoms with E-state index in [9.17, 15) is 4.79 Å². The number of aromatic nitrogens is 2. The van der Waals surface area contributed by atoms with Gasteiger partial charge in [-0.3, -0.25) is 0 Å². The van der Waals surface area contributed by atoms with Crippen molar-refractivity contribution in [1.29, 1.82) is 0 Å². The largest absolute Gasteiger partial charge is 0.444 e. The molecule has 1 aromatic heterocycles. The molecule has 0 radical (unpaired) electrons. The van der Waals surface area contributed by atoms with Gasteiger partial charge in [0.1, 0.15) is 11.3 Å². The van der Waals surface area contributed by atoms with Gasteiger partial charge < -0.3 is 14.5 Å². The third-order valence-corrected chi connectivity index (χ3v) is 5.86. The summed E-state index contributed by atoms with van der Waals surface area (Å²) in [6.07, 6.45) is 0.723. The highest BCUT2D eigenvalue weighted by Crippen LogP contribution is 2.38. The molecule has 2 bridgehead atoms. The number of likely N-dealkylation sites (tertiary alicyclic amines) is 1. The van der Waals surface area contributed by atoms with Gasteiger partial charge in [-0.1, -0.05) is 54.6 Å². The van der Waals surface area contributed by atoms with Crippen molar-refractivity contribution >= 4 is 22.7 Å². The van der Waals surface area contributed by atoms with Crippen molar-refractivity contribution in [1.82, 2.24) is 15.1 Å². The van der Waals surface area contributed by atoms with Gasteiger partial charge in [0.15, 0.2) is 5.82 Å². The molecule has 0 N–H and O–H groups in total. The molecule has 154 valence electrons. The van der Waals surface area contributed by atoms with Gasteiger partial charge >= 0.3 is 6.09 Å². The van der Waals surface area contributed by atoms with E-state index in [1.165, 1.54) is 0 Å². The lowest BCUT2D eigenvalue weighted by atomic mass is 10.0. The predicted octanol–water partition coefficient (Wildman–Crippen LogP) is 4.49. The lowest BCUT2D eigenvalue weighted by Gasteiger charge is -2.36. The molecule has 2 aliphatic rings. The second kappa shape index (κ2) is 6.97. The average molecular weight is 402 g/mol. The molecular formula is C24H26N4O2. The summed E-state index contributed by atoms with van der Waals surface area (Å²) in [5.74, 6) is 0.904. The third kappa shape index (κ3) is 3.26. The van der Waals surface area contributed by atoms with Crippen molar-refractivity contribution < 1.29 is 9.53 Å². The molecule has 2 unspecified atom stereocenters. The standard InChI is InChI=1S/C24H26N4O2/c1-24(2,3)30-23(29)28-15-17-13-18(28)14-27(17)22-20-12-8-7-11-19(20)21(25-26-22)16-9-5-4-6-10-16/h4-12,17-18H,13-15H2,1-3H3. The predicted molar refractivity (Wildman–Crippen MR) is 117 cm³/mol. The summed E-state index contributed by atoms with van der Waals surface area (Å²) >= 11 is 0. The molecule has 2 atom stereocenters. The molecule has 0 aliphatic carbocycles. The number of hydrogen-bond acceptors (Lipinski definition) is 5. The molecular weight excluding hydrogens is 376 g/mol. The number of carbonyl (C=O) groups is 1. The van der Waals surface area contributed by atoms with Crippen molar-refractivity contribution in [2.24, 2.45) is 0 Å². The van der Waals surface area contributed by atoms with E-state index >= 15 is 0 Å². The zero-order valence-electron chi connectivity index (χ0n) is 17.6. The first-order chi connectivity index (χ1) is 14.4. The van der Waals surface area contributed by atoms with Crippen LogP contribution in [-0.2, 0) is 4.74 Å². The minimum absolute atomic E-state index is 0.152. The molecule has 2 aromatic carbocycles. The Morgan fingerprint density at radius 2 is 1.63 bits per heavy atom. The number of piperazine rings is 1. The highest BCUT2D eigenvalue weighted by Gasteiger charge is 2.47. The van der Waals surface area contributed by atoms with Crippen LogP contribution in [0.15, 0.2) is 54.6 Å². The Labute approximate surface area is 176 Å². The van der Waals surface area contributed by atoms with Gasteiger partial charge in [-0.2, -0.15) is 0 Å². The molecule has 2 saturated heterocycles. The number of nitrogens with zero attached hydrogens (tertiary/aromatic N) is 4. The molecule has 6 nitrogen and oxygen atoms in total. The number of amides is 1. The Hall–Kier alpha value is -3.15. The van der Waals surface area contributed by atoms with Gasteiger partial charge in [0.2, 0.25) is 0 Å². The van der Waals surface area contributed by atoms with Crippen LogP contribution in [0.25, 0.3) is 22.0 Å². The van der Waals surface area contributed by atoms with Crippen LogP contribution in [0, 0.1) is 0 Å². The van der Waals surface area contributed by atoms with Gasteiger partial charge in [-0.25, -0.2) is 4.79 Å². The second-order valence-corrected chi connectivity index (χ2v) is 9.11. The summed E-state index contributed by atoms with van der Waals surface area (Å²) in [4.78, 5) is 16.8. The van der Waals surface area contributed by atoms with E-state index in [-0.39, 0.29) is 18.2 Å². The van der Waals surface area contributed by atoms with Gasteiger partial charge in [-0.15, -0.1) is 10.2 Å². The highest BCUT2D eigenvalue weighted by molar-refractivity contribution is 6.00. The fraction of sp³-hybridized carbons (Fsp3) is 0.375. The van der Waals surface area contributed by atoms with Gasteiger partial charge in [0.25, 0.3) is 0 Å². The summed E-state index contributed by atoms with van der Waals surface area (Å²) in [6.45, 7) is 7.13. The van der Waals surface area contributed by atoms with Crippen LogP contribution in [0.4, 0.5) is 10.6 Å². The van der Waals surface area contributed by atoms with Crippen LogP contribution in [0.1, 0.15) is 27.2 Å². The molecule has 1 amide bonds. The number of rotatable bonds is 2. The maximum absolute atomic E-state index is 12.6. The van der Waals surface area contributed by atoms with E-state index in [1.54, 1.807) is 0 Å². The van der Waals surface area contributed by atoms with Gasteiger partial charge in [-0.05, 0) is 27.2 Å². The Balaban J connectivity index is 1.45. The first-order valence-electron chi connectivity index (χ1n) is 10.5. The zero-order chi connectivity index (χ0) is 20.9. The molecule has 3 heterocycles. The third-order valence-electron chi connectivity index (χ3n) is 5.86. The summed E-state index contributed by atoms with van der Waals surface area (Å²) < 4.78 is 5.59. The Bertz CT molecular complexity index is 1090. The van der Waals surface area contributed by atoms with Gasteiger partial charge in [0, 0.05) is 29.4 Å². The summed E-state index contributed by atoms with van der Waals surface area (Å²) in [6, 6.07) is 18.9. The fourth-order valence-corrected chi connectivity index (χ4v) is 4.58. The van der Waals surface area contributed by atoms with E-state index in [1.807, 2.05) is 56.0 Å². The minimum Gasteiger partial charge on any atom is -0.444 e. The van der Waals surface area contributed by atoms with E-state index in [0.29, 0.717) is 6.54 Å². The minimum atomic E-state index is -0.479. The zero-order valence-corrected chi connectivity index (χ0v) is 17.6. The van der Waals surface area contributed by atoms with Crippen LogP contribution < -0.4 is 4.90 Å². The molecule has 2 aliphatic heterocycles. The summed E-state index contributed by atoms with van der Waals surface area (Å²) in [5.41, 5.74) is 1.48. The smallest absolute Gasteiger partial charge is 0.410 e. The Kier molecular flexibility index (Phi) is 4.38. The number of benzene rings is 2. The summed E-state index contributed by atoms with van der Waals surface area (Å²) in [5, 5.41) is 11.5. The quantitative estimate of drug-likeness (QED) is 0.632. The van der Waals surface area contributed by atoms with Crippen molar-refractivity contribution in [3.8, 4) is 11.3 Å². The van der Waals surface area contributed by atoms with E-state index < -0.39 is 5.60 Å². The maximum Gasteiger partial charge on any atom is 0.410 e. The lowest BCUT2D eigenvalue weighted by Crippen LogP contribution is -2.50.